The van der Waals surface area contributed by atoms with Gasteiger partial charge in [0.15, 0.2) is 5.13 Å². The summed E-state index contributed by atoms with van der Waals surface area (Å²) in [5.41, 5.74) is 2.14. The van der Waals surface area contributed by atoms with Crippen molar-refractivity contribution in [2.45, 2.75) is 18.2 Å². The Morgan fingerprint density at radius 3 is 2.42 bits per heavy atom. The highest BCUT2D eigenvalue weighted by Gasteiger charge is 2.25. The van der Waals surface area contributed by atoms with Crippen molar-refractivity contribution < 1.29 is 17.9 Å². The van der Waals surface area contributed by atoms with Crippen molar-refractivity contribution in [3.8, 4) is 0 Å². The van der Waals surface area contributed by atoms with Crippen LogP contribution in [0.5, 0.6) is 0 Å². The van der Waals surface area contributed by atoms with E-state index in [4.69, 9.17) is 21.3 Å². The van der Waals surface area contributed by atoms with E-state index in [-0.39, 0.29) is 36.3 Å². The van der Waals surface area contributed by atoms with Gasteiger partial charge in [-0.1, -0.05) is 35.1 Å². The van der Waals surface area contributed by atoms with Gasteiger partial charge in [-0.05, 0) is 55.3 Å². The van der Waals surface area contributed by atoms with E-state index in [0.29, 0.717) is 35.5 Å². The molecular formula is C28H34Cl2N4O4S2. The van der Waals surface area contributed by atoms with Crippen molar-refractivity contribution in [1.29, 1.82) is 0 Å². The lowest BCUT2D eigenvalue weighted by molar-refractivity contribution is 0.0376. The maximum Gasteiger partial charge on any atom is 0.260 e. The molecule has 2 aromatic carbocycles. The number of morpholine rings is 1. The Hall–Kier alpha value is -2.31. The second-order valence-electron chi connectivity index (χ2n) is 9.25. The number of aromatic nitrogens is 1. The van der Waals surface area contributed by atoms with Gasteiger partial charge < -0.3 is 4.74 Å². The number of sulfonamides is 1. The number of nitrogens with zero attached hydrogens (tertiary/aromatic N) is 4. The van der Waals surface area contributed by atoms with Gasteiger partial charge in [-0.3, -0.25) is 14.6 Å². The van der Waals surface area contributed by atoms with Crippen LogP contribution in [0.25, 0.3) is 10.2 Å². The summed E-state index contributed by atoms with van der Waals surface area (Å²) in [5, 5.41) is 1.21. The van der Waals surface area contributed by atoms with E-state index in [1.807, 2.05) is 19.1 Å². The second-order valence-corrected chi connectivity index (χ2v) is 12.6. The fourth-order valence-corrected chi connectivity index (χ4v) is 7.28. The Bertz CT molecular complexity index is 1430. The molecule has 0 spiro atoms. The number of rotatable bonds is 12. The molecule has 0 saturated carbocycles. The van der Waals surface area contributed by atoms with Crippen molar-refractivity contribution in [2.75, 3.05) is 57.4 Å². The molecule has 0 atom stereocenters. The first-order valence-corrected chi connectivity index (χ1v) is 15.4. The van der Waals surface area contributed by atoms with Crippen LogP contribution in [-0.4, -0.2) is 81.0 Å². The lowest BCUT2D eigenvalue weighted by Crippen LogP contribution is -2.39. The number of hydrogen-bond acceptors (Lipinski definition) is 7. The van der Waals surface area contributed by atoms with Gasteiger partial charge in [0, 0.05) is 49.9 Å². The van der Waals surface area contributed by atoms with E-state index >= 15 is 0 Å². The third-order valence-corrected chi connectivity index (χ3v) is 9.57. The highest BCUT2D eigenvalue weighted by molar-refractivity contribution is 7.89. The van der Waals surface area contributed by atoms with Crippen LogP contribution in [0.3, 0.4) is 0 Å². The van der Waals surface area contributed by atoms with E-state index in [2.05, 4.69) is 18.1 Å². The topological polar surface area (TPSA) is 83.1 Å². The number of carbonyl (C=O) groups is 1. The Morgan fingerprint density at radius 2 is 1.80 bits per heavy atom. The number of carbonyl (C=O) groups excluding carboxylic acids is 1. The van der Waals surface area contributed by atoms with Crippen LogP contribution in [-0.2, 0) is 14.8 Å². The third kappa shape index (κ3) is 7.50. The Labute approximate surface area is 251 Å². The summed E-state index contributed by atoms with van der Waals surface area (Å²) >= 11 is 7.69. The van der Waals surface area contributed by atoms with Gasteiger partial charge in [-0.2, -0.15) is 4.31 Å². The monoisotopic (exact) mass is 624 g/mol. The van der Waals surface area contributed by atoms with Gasteiger partial charge in [-0.15, -0.1) is 25.6 Å². The number of ether oxygens (including phenoxy) is 1. The Balaban J connectivity index is 0.00000441. The minimum absolute atomic E-state index is 0. The molecule has 1 aromatic heterocycles. The van der Waals surface area contributed by atoms with E-state index in [1.165, 1.54) is 39.9 Å². The number of benzene rings is 2. The van der Waals surface area contributed by atoms with Gasteiger partial charge in [0.1, 0.15) is 0 Å². The summed E-state index contributed by atoms with van der Waals surface area (Å²) in [7, 11) is -3.77. The summed E-state index contributed by atoms with van der Waals surface area (Å²) in [6.45, 7) is 14.0. The molecule has 0 N–H and O–H groups in total. The van der Waals surface area contributed by atoms with Crippen molar-refractivity contribution >= 4 is 66.6 Å². The van der Waals surface area contributed by atoms with Crippen molar-refractivity contribution in [3.63, 3.8) is 0 Å². The number of amides is 1. The Morgan fingerprint density at radius 1 is 1.15 bits per heavy atom. The summed E-state index contributed by atoms with van der Waals surface area (Å²) in [6, 6.07) is 9.77. The molecular weight excluding hydrogens is 591 g/mol. The number of anilines is 1. The standard InChI is InChI=1S/C28H33ClN4O4S2.ClH/c1-4-11-32(12-5-2)39(35,36)24-9-7-22(8-10-24)27(34)33(14-6-13-31-15-17-37-18-16-31)28-30-26-21(3)19-23(29)20-25(26)38-28;/h4-5,7-10,19-20H,1-2,6,11-18H2,3H3;1H. The molecule has 1 saturated heterocycles. The minimum atomic E-state index is -3.77. The Kier molecular flexibility index (Phi) is 11.7. The van der Waals surface area contributed by atoms with Crippen LogP contribution >= 0.6 is 35.3 Å². The second kappa shape index (κ2) is 14.5. The molecule has 12 heteroatoms. The molecule has 3 aromatic rings. The maximum absolute atomic E-state index is 13.8. The number of fused-ring (bicyclic) bond motifs is 1. The SMILES string of the molecule is C=CCN(CC=C)S(=O)(=O)c1ccc(C(=O)N(CCCN2CCOCC2)c2nc3c(C)cc(Cl)cc3s2)cc1.Cl. The smallest absolute Gasteiger partial charge is 0.260 e. The molecule has 40 heavy (non-hydrogen) atoms. The van der Waals surface area contributed by atoms with E-state index in [1.54, 1.807) is 17.0 Å². The third-order valence-electron chi connectivity index (χ3n) is 6.48. The summed E-state index contributed by atoms with van der Waals surface area (Å²) in [5.74, 6) is -0.238. The largest absolute Gasteiger partial charge is 0.379 e. The average Bonchev–Trinajstić information content (AvgIpc) is 3.35. The van der Waals surface area contributed by atoms with Crippen molar-refractivity contribution in [2.24, 2.45) is 0 Å². The normalized spacial score (nSPS) is 14.2. The molecule has 1 aliphatic rings. The van der Waals surface area contributed by atoms with Crippen LogP contribution in [0.1, 0.15) is 22.3 Å². The number of halogens is 2. The molecule has 1 aliphatic heterocycles. The fourth-order valence-electron chi connectivity index (χ4n) is 4.45. The van der Waals surface area contributed by atoms with E-state index in [9.17, 15) is 13.2 Å². The van der Waals surface area contributed by atoms with Crippen LogP contribution in [0, 0.1) is 6.92 Å². The van der Waals surface area contributed by atoms with Gasteiger partial charge in [0.25, 0.3) is 5.91 Å². The fraction of sp³-hybridized carbons (Fsp3) is 0.357. The lowest BCUT2D eigenvalue weighted by Gasteiger charge is -2.27. The predicted octanol–water partition coefficient (Wildman–Crippen LogP) is 5.41. The lowest BCUT2D eigenvalue weighted by atomic mass is 10.2. The predicted molar refractivity (Wildman–Crippen MR) is 166 cm³/mol. The first-order valence-electron chi connectivity index (χ1n) is 12.7. The van der Waals surface area contributed by atoms with Gasteiger partial charge >= 0.3 is 0 Å². The highest BCUT2D eigenvalue weighted by Crippen LogP contribution is 2.34. The summed E-state index contributed by atoms with van der Waals surface area (Å²) in [4.78, 5) is 22.7. The first kappa shape index (κ1) is 32.2. The van der Waals surface area contributed by atoms with Crippen molar-refractivity contribution in [1.82, 2.24) is 14.2 Å². The van der Waals surface area contributed by atoms with Crippen molar-refractivity contribution in [3.05, 3.63) is 77.9 Å². The van der Waals surface area contributed by atoms with Gasteiger partial charge in [-0.25, -0.2) is 13.4 Å². The van der Waals surface area contributed by atoms with Gasteiger partial charge in [0.2, 0.25) is 10.0 Å². The van der Waals surface area contributed by atoms with Crippen LogP contribution in [0.4, 0.5) is 5.13 Å². The minimum Gasteiger partial charge on any atom is -0.379 e. The molecule has 1 amide bonds. The zero-order valence-corrected chi connectivity index (χ0v) is 25.6. The zero-order valence-electron chi connectivity index (χ0n) is 22.4. The van der Waals surface area contributed by atoms with Crippen LogP contribution in [0.15, 0.2) is 66.6 Å². The number of aryl methyl sites for hydroxylation is 1. The quantitative estimate of drug-likeness (QED) is 0.251. The van der Waals surface area contributed by atoms with Crippen LogP contribution < -0.4 is 4.90 Å². The molecule has 0 aliphatic carbocycles. The highest BCUT2D eigenvalue weighted by atomic mass is 35.5. The molecule has 216 valence electrons. The molecule has 1 fully saturated rings. The molecule has 0 bridgehead atoms. The maximum atomic E-state index is 13.8. The number of thiazole rings is 1. The summed E-state index contributed by atoms with van der Waals surface area (Å²) in [6.07, 6.45) is 3.81. The summed E-state index contributed by atoms with van der Waals surface area (Å²) < 4.78 is 33.8. The molecule has 4 rings (SSSR count). The molecule has 0 unspecified atom stereocenters. The molecule has 2 heterocycles. The zero-order chi connectivity index (χ0) is 28.0. The molecule has 0 radical (unpaired) electrons. The van der Waals surface area contributed by atoms with E-state index in [0.717, 1.165) is 41.8 Å². The van der Waals surface area contributed by atoms with Gasteiger partial charge in [0.05, 0.1) is 28.3 Å². The van der Waals surface area contributed by atoms with Crippen LogP contribution in [0.2, 0.25) is 5.02 Å². The molecule has 8 nitrogen and oxygen atoms in total. The first-order chi connectivity index (χ1) is 18.7. The number of hydrogen-bond donors (Lipinski definition) is 0. The average molecular weight is 626 g/mol. The van der Waals surface area contributed by atoms with E-state index < -0.39 is 10.0 Å².